The lowest BCUT2D eigenvalue weighted by molar-refractivity contribution is -0.138. The number of nitrogens with one attached hydrogen (secondary N) is 2. The van der Waals surface area contributed by atoms with Crippen molar-refractivity contribution in [2.75, 3.05) is 5.43 Å². The van der Waals surface area contributed by atoms with Crippen molar-refractivity contribution in [3.8, 4) is 0 Å². The molecule has 1 amide bonds. The Morgan fingerprint density at radius 3 is 2.83 bits per heavy atom. The molecule has 1 aliphatic heterocycles. The smallest absolute Gasteiger partial charge is 0.303 e. The van der Waals surface area contributed by atoms with Gasteiger partial charge in [-0.25, -0.2) is 4.99 Å². The number of rotatable bonds is 9. The van der Waals surface area contributed by atoms with E-state index in [0.717, 1.165) is 19.3 Å². The van der Waals surface area contributed by atoms with E-state index in [1.54, 1.807) is 10.8 Å². The van der Waals surface area contributed by atoms with Gasteiger partial charge in [0.15, 0.2) is 0 Å². The van der Waals surface area contributed by atoms with Gasteiger partial charge in [-0.2, -0.15) is 4.98 Å². The lowest BCUT2D eigenvalue weighted by atomic mass is 10.2. The summed E-state index contributed by atoms with van der Waals surface area (Å²) in [5.74, 6) is -0.770. The van der Waals surface area contributed by atoms with Crippen molar-refractivity contribution in [1.82, 2.24) is 15.0 Å². The fraction of sp³-hybridized carbons (Fsp3) is 0.533. The van der Waals surface area contributed by atoms with Crippen LogP contribution in [-0.2, 0) is 22.6 Å². The van der Waals surface area contributed by atoms with Crippen molar-refractivity contribution in [3.63, 3.8) is 0 Å². The number of unbranched alkanes of at least 4 members (excludes halogenated alkanes) is 2. The summed E-state index contributed by atoms with van der Waals surface area (Å²) in [4.78, 5) is 42.4. The summed E-state index contributed by atoms with van der Waals surface area (Å²) in [5.41, 5.74) is 5.17. The van der Waals surface area contributed by atoms with E-state index in [2.05, 4.69) is 27.8 Å². The largest absolute Gasteiger partial charge is 0.481 e. The molecule has 0 atom stereocenters. The van der Waals surface area contributed by atoms with Crippen LogP contribution in [0, 0.1) is 0 Å². The molecular weight excluding hydrogens is 314 g/mol. The maximum Gasteiger partial charge on any atom is 0.303 e. The number of carbonyl (C=O) groups excluding carboxylic acids is 1. The number of hydrazine groups is 1. The molecule has 2 heterocycles. The van der Waals surface area contributed by atoms with Gasteiger partial charge in [-0.15, -0.1) is 0 Å². The van der Waals surface area contributed by atoms with Gasteiger partial charge in [0.1, 0.15) is 5.82 Å². The maximum absolute atomic E-state index is 12.0. The number of hydrogen-bond acceptors (Lipinski definition) is 6. The van der Waals surface area contributed by atoms with E-state index in [-0.39, 0.29) is 24.3 Å². The molecule has 1 aromatic rings. The SMILES string of the molecule is CCCCCn1c(NNC(=O)CCC(=O)O)nc(=O)c2c1N=CC2. The molecule has 2 rings (SSSR count). The Hall–Kier alpha value is -2.71. The number of hydrogen-bond donors (Lipinski definition) is 3. The van der Waals surface area contributed by atoms with Crippen molar-refractivity contribution in [1.29, 1.82) is 0 Å². The van der Waals surface area contributed by atoms with Crippen molar-refractivity contribution >= 4 is 29.9 Å². The predicted molar refractivity (Wildman–Crippen MR) is 88.5 cm³/mol. The molecule has 9 heteroatoms. The quantitative estimate of drug-likeness (QED) is 0.456. The van der Waals surface area contributed by atoms with E-state index < -0.39 is 11.9 Å². The second-order valence-electron chi connectivity index (χ2n) is 5.48. The summed E-state index contributed by atoms with van der Waals surface area (Å²) < 4.78 is 1.77. The van der Waals surface area contributed by atoms with Gasteiger partial charge in [0.05, 0.1) is 12.0 Å². The average molecular weight is 335 g/mol. The minimum absolute atomic E-state index is 0.161. The number of nitrogens with zero attached hydrogens (tertiary/aromatic N) is 3. The van der Waals surface area contributed by atoms with E-state index in [1.807, 2.05) is 0 Å². The Kier molecular flexibility index (Phi) is 6.05. The van der Waals surface area contributed by atoms with Crippen LogP contribution in [0.1, 0.15) is 44.6 Å². The first-order valence-corrected chi connectivity index (χ1v) is 7.95. The zero-order chi connectivity index (χ0) is 17.5. The van der Waals surface area contributed by atoms with Crippen LogP contribution in [0.3, 0.4) is 0 Å². The number of aliphatic carboxylic acids is 1. The van der Waals surface area contributed by atoms with Crippen LogP contribution in [0.25, 0.3) is 0 Å². The lowest BCUT2D eigenvalue weighted by Gasteiger charge is -2.17. The van der Waals surface area contributed by atoms with Gasteiger partial charge in [0.25, 0.3) is 5.56 Å². The monoisotopic (exact) mass is 335 g/mol. The van der Waals surface area contributed by atoms with Crippen LogP contribution in [0.15, 0.2) is 9.79 Å². The van der Waals surface area contributed by atoms with Crippen molar-refractivity contribution in [2.45, 2.75) is 52.0 Å². The molecule has 9 nitrogen and oxygen atoms in total. The standard InChI is InChI=1S/C15H21N5O4/c1-2-3-4-9-20-13-10(7-8-16-13)14(24)17-15(20)19-18-11(21)5-6-12(22)23/h8H,2-7,9H2,1H3,(H,18,21)(H,22,23)(H,17,19,24). The van der Waals surface area contributed by atoms with E-state index in [1.165, 1.54) is 0 Å². The summed E-state index contributed by atoms with van der Waals surface area (Å²) >= 11 is 0. The molecule has 130 valence electrons. The maximum atomic E-state index is 12.0. The molecule has 24 heavy (non-hydrogen) atoms. The van der Waals surface area contributed by atoms with Gasteiger partial charge in [0, 0.05) is 25.6 Å². The highest BCUT2D eigenvalue weighted by atomic mass is 16.4. The summed E-state index contributed by atoms with van der Waals surface area (Å²) in [6.45, 7) is 2.71. The van der Waals surface area contributed by atoms with Gasteiger partial charge in [-0.1, -0.05) is 19.8 Å². The molecular formula is C15H21N5O4. The fourth-order valence-corrected chi connectivity index (χ4v) is 2.37. The molecule has 0 spiro atoms. The third-order valence-electron chi connectivity index (χ3n) is 3.62. The first-order valence-electron chi connectivity index (χ1n) is 7.95. The fourth-order valence-electron chi connectivity index (χ4n) is 2.37. The third-order valence-corrected chi connectivity index (χ3v) is 3.62. The molecule has 0 saturated heterocycles. The summed E-state index contributed by atoms with van der Waals surface area (Å²) in [5, 5.41) is 8.58. The molecule has 0 saturated carbocycles. The molecule has 0 unspecified atom stereocenters. The number of carboxylic acid groups (broad SMARTS) is 1. The van der Waals surface area contributed by atoms with Gasteiger partial charge >= 0.3 is 5.97 Å². The van der Waals surface area contributed by atoms with E-state index in [4.69, 9.17) is 5.11 Å². The van der Waals surface area contributed by atoms with Crippen LogP contribution >= 0.6 is 0 Å². The van der Waals surface area contributed by atoms with Crippen LogP contribution in [0.4, 0.5) is 11.8 Å². The topological polar surface area (TPSA) is 126 Å². The van der Waals surface area contributed by atoms with Gasteiger partial charge in [-0.3, -0.25) is 29.8 Å². The Bertz CT molecular complexity index is 711. The summed E-state index contributed by atoms with van der Waals surface area (Å²) in [6, 6.07) is 0. The Morgan fingerprint density at radius 2 is 2.12 bits per heavy atom. The highest BCUT2D eigenvalue weighted by Gasteiger charge is 2.19. The van der Waals surface area contributed by atoms with Gasteiger partial charge in [-0.05, 0) is 6.42 Å². The van der Waals surface area contributed by atoms with Crippen LogP contribution < -0.4 is 16.4 Å². The zero-order valence-electron chi connectivity index (χ0n) is 13.5. The normalized spacial score (nSPS) is 12.0. The number of fused-ring (bicyclic) bond motifs is 1. The van der Waals surface area contributed by atoms with Crippen molar-refractivity contribution in [2.24, 2.45) is 4.99 Å². The highest BCUT2D eigenvalue weighted by molar-refractivity contribution is 5.81. The number of carbonyl (C=O) groups is 2. The highest BCUT2D eigenvalue weighted by Crippen LogP contribution is 2.24. The summed E-state index contributed by atoms with van der Waals surface area (Å²) in [6.07, 6.45) is 4.66. The molecule has 1 aliphatic rings. The Balaban J connectivity index is 2.14. The number of amides is 1. The number of carboxylic acids is 1. The minimum Gasteiger partial charge on any atom is -0.481 e. The zero-order valence-corrected chi connectivity index (χ0v) is 13.5. The van der Waals surface area contributed by atoms with E-state index in [9.17, 15) is 14.4 Å². The molecule has 0 radical (unpaired) electrons. The number of aromatic nitrogens is 2. The Morgan fingerprint density at radius 1 is 1.33 bits per heavy atom. The summed E-state index contributed by atoms with van der Waals surface area (Å²) in [7, 11) is 0. The first kappa shape index (κ1) is 17.6. The van der Waals surface area contributed by atoms with Gasteiger partial charge in [0.2, 0.25) is 11.9 Å². The Labute approximate surface area is 138 Å². The minimum atomic E-state index is -1.05. The molecule has 0 aliphatic carbocycles. The van der Waals surface area contributed by atoms with E-state index in [0.29, 0.717) is 24.3 Å². The first-order chi connectivity index (χ1) is 11.5. The third kappa shape index (κ3) is 4.40. The second-order valence-corrected chi connectivity index (χ2v) is 5.48. The molecule has 1 aromatic heterocycles. The predicted octanol–water partition coefficient (Wildman–Crippen LogP) is 1.000. The van der Waals surface area contributed by atoms with Crippen molar-refractivity contribution in [3.05, 3.63) is 15.9 Å². The molecule has 3 N–H and O–H groups in total. The molecule has 0 bridgehead atoms. The second kappa shape index (κ2) is 8.23. The number of anilines is 1. The van der Waals surface area contributed by atoms with Crippen LogP contribution in [0.5, 0.6) is 0 Å². The van der Waals surface area contributed by atoms with Crippen molar-refractivity contribution < 1.29 is 14.7 Å². The van der Waals surface area contributed by atoms with Gasteiger partial charge < -0.3 is 5.11 Å². The average Bonchev–Trinajstić information content (AvgIpc) is 3.03. The van der Waals surface area contributed by atoms with E-state index >= 15 is 0 Å². The number of aliphatic imine (C=N–C) groups is 1. The van der Waals surface area contributed by atoms with Crippen LogP contribution in [0.2, 0.25) is 0 Å². The lowest BCUT2D eigenvalue weighted by Crippen LogP contribution is -2.33. The van der Waals surface area contributed by atoms with Crippen LogP contribution in [-0.4, -0.2) is 32.7 Å². The molecule has 0 fully saturated rings. The molecule has 0 aromatic carbocycles.